The number of benzene rings is 1. The van der Waals surface area contributed by atoms with E-state index in [0.29, 0.717) is 30.8 Å². The minimum Gasteiger partial charge on any atom is -0.399 e. The van der Waals surface area contributed by atoms with Crippen LogP contribution in [0.3, 0.4) is 0 Å². The summed E-state index contributed by atoms with van der Waals surface area (Å²) in [6.07, 6.45) is 1.79. The highest BCUT2D eigenvalue weighted by Gasteiger charge is 2.54. The predicted molar refractivity (Wildman–Crippen MR) is 92.1 cm³/mol. The van der Waals surface area contributed by atoms with Crippen molar-refractivity contribution in [2.24, 2.45) is 17.8 Å². The average Bonchev–Trinajstić information content (AvgIpc) is 3.00. The maximum absolute atomic E-state index is 12.5. The zero-order chi connectivity index (χ0) is 16.8. The molecule has 1 aromatic rings. The summed E-state index contributed by atoms with van der Waals surface area (Å²) in [5, 5.41) is 0. The summed E-state index contributed by atoms with van der Waals surface area (Å²) in [5.41, 5.74) is 7.88. The number of rotatable bonds is 1. The van der Waals surface area contributed by atoms with Crippen molar-refractivity contribution < 1.29 is 9.59 Å². The molecule has 4 rings (SSSR count). The molecule has 3 fully saturated rings. The summed E-state index contributed by atoms with van der Waals surface area (Å²) >= 11 is 0. The molecule has 0 bridgehead atoms. The third-order valence-electron chi connectivity index (χ3n) is 6.26. The monoisotopic (exact) mass is 327 g/mol. The molecule has 2 amide bonds. The number of nitrogen functional groups attached to an aromatic ring is 1. The van der Waals surface area contributed by atoms with E-state index in [-0.39, 0.29) is 11.8 Å². The smallest absolute Gasteiger partial charge is 0.312 e. The normalized spacial score (nSPS) is 29.5. The molecule has 1 saturated carbocycles. The van der Waals surface area contributed by atoms with Gasteiger partial charge in [-0.1, -0.05) is 19.1 Å². The highest BCUT2D eigenvalue weighted by Crippen LogP contribution is 2.51. The Kier molecular flexibility index (Phi) is 3.74. The van der Waals surface area contributed by atoms with E-state index in [1.807, 2.05) is 18.2 Å². The van der Waals surface area contributed by atoms with Crippen molar-refractivity contribution in [3.63, 3.8) is 0 Å². The van der Waals surface area contributed by atoms with Crippen LogP contribution in [0.15, 0.2) is 24.3 Å². The maximum atomic E-state index is 12.5. The van der Waals surface area contributed by atoms with Gasteiger partial charge < -0.3 is 15.5 Å². The molecule has 2 saturated heterocycles. The first-order chi connectivity index (χ1) is 11.5. The fourth-order valence-corrected chi connectivity index (χ4v) is 4.49. The van der Waals surface area contributed by atoms with Crippen LogP contribution in [-0.2, 0) is 9.59 Å². The van der Waals surface area contributed by atoms with E-state index in [1.165, 1.54) is 5.56 Å². The van der Waals surface area contributed by atoms with Gasteiger partial charge in [-0.3, -0.25) is 9.59 Å². The van der Waals surface area contributed by atoms with Crippen LogP contribution in [0, 0.1) is 17.8 Å². The van der Waals surface area contributed by atoms with Crippen LogP contribution in [0.4, 0.5) is 5.69 Å². The third-order valence-corrected chi connectivity index (χ3v) is 6.26. The second-order valence-electron chi connectivity index (χ2n) is 7.63. The Hall–Kier alpha value is -2.04. The standard InChI is InChI=1S/C19H25N3O2/c1-12-16-10-22(11-17(12)16)19(24)18(23)21-7-5-13(6-8-21)14-3-2-4-15(20)9-14/h2-4,9,12-13,16-17H,5-8,10-11,20H2,1H3/t12?,16-,17+. The molecule has 0 radical (unpaired) electrons. The summed E-state index contributed by atoms with van der Waals surface area (Å²) in [7, 11) is 0. The Morgan fingerprint density at radius 2 is 1.67 bits per heavy atom. The molecule has 0 spiro atoms. The van der Waals surface area contributed by atoms with Gasteiger partial charge in [0.1, 0.15) is 0 Å². The lowest BCUT2D eigenvalue weighted by Gasteiger charge is -2.33. The molecule has 5 nitrogen and oxygen atoms in total. The van der Waals surface area contributed by atoms with Gasteiger partial charge in [0.25, 0.3) is 0 Å². The van der Waals surface area contributed by atoms with Gasteiger partial charge in [-0.15, -0.1) is 0 Å². The SMILES string of the molecule is CC1[C@H]2CN(C(=O)C(=O)N3CCC(c4cccc(N)c4)CC3)C[C@@H]12. The molecule has 1 unspecified atom stereocenters. The fourth-order valence-electron chi connectivity index (χ4n) is 4.49. The number of hydrogen-bond donors (Lipinski definition) is 1. The number of nitrogens with zero attached hydrogens (tertiary/aromatic N) is 2. The molecule has 128 valence electrons. The van der Waals surface area contributed by atoms with Crippen LogP contribution in [-0.4, -0.2) is 47.8 Å². The van der Waals surface area contributed by atoms with Crippen molar-refractivity contribution >= 4 is 17.5 Å². The van der Waals surface area contributed by atoms with Gasteiger partial charge in [0.2, 0.25) is 0 Å². The Bertz CT molecular complexity index is 654. The van der Waals surface area contributed by atoms with E-state index in [9.17, 15) is 9.59 Å². The van der Waals surface area contributed by atoms with Gasteiger partial charge >= 0.3 is 11.8 Å². The van der Waals surface area contributed by atoms with E-state index in [1.54, 1.807) is 9.80 Å². The molecule has 1 aromatic carbocycles. The Morgan fingerprint density at radius 3 is 2.29 bits per heavy atom. The highest BCUT2D eigenvalue weighted by atomic mass is 16.2. The number of anilines is 1. The number of likely N-dealkylation sites (tertiary alicyclic amines) is 2. The van der Waals surface area contributed by atoms with Crippen LogP contribution >= 0.6 is 0 Å². The lowest BCUT2D eigenvalue weighted by atomic mass is 9.89. The van der Waals surface area contributed by atoms with Gasteiger partial charge in [0.05, 0.1) is 0 Å². The van der Waals surface area contributed by atoms with Crippen molar-refractivity contribution in [2.45, 2.75) is 25.7 Å². The molecule has 24 heavy (non-hydrogen) atoms. The van der Waals surface area contributed by atoms with Crippen molar-refractivity contribution in [1.29, 1.82) is 0 Å². The Morgan fingerprint density at radius 1 is 1.04 bits per heavy atom. The first-order valence-electron chi connectivity index (χ1n) is 8.98. The quantitative estimate of drug-likeness (QED) is 0.631. The average molecular weight is 327 g/mol. The minimum absolute atomic E-state index is 0.295. The van der Waals surface area contributed by atoms with E-state index in [0.717, 1.165) is 37.5 Å². The summed E-state index contributed by atoms with van der Waals surface area (Å²) in [6.45, 7) is 5.09. The lowest BCUT2D eigenvalue weighted by molar-refractivity contribution is -0.152. The van der Waals surface area contributed by atoms with Gasteiger partial charge in [0, 0.05) is 31.9 Å². The second kappa shape index (κ2) is 5.80. The van der Waals surface area contributed by atoms with Crippen molar-refractivity contribution in [2.75, 3.05) is 31.9 Å². The van der Waals surface area contributed by atoms with Gasteiger partial charge in [-0.05, 0) is 54.2 Å². The zero-order valence-corrected chi connectivity index (χ0v) is 14.1. The molecule has 2 N–H and O–H groups in total. The number of carbonyl (C=O) groups excluding carboxylic acids is 2. The van der Waals surface area contributed by atoms with E-state index in [2.05, 4.69) is 13.0 Å². The van der Waals surface area contributed by atoms with Crippen LogP contribution < -0.4 is 5.73 Å². The number of fused-ring (bicyclic) bond motifs is 1. The molecule has 1 aliphatic carbocycles. The molecule has 5 heteroatoms. The molecule has 2 aliphatic heterocycles. The number of amides is 2. The molecule has 3 aliphatic rings. The fraction of sp³-hybridized carbons (Fsp3) is 0.579. The molecule has 0 aromatic heterocycles. The van der Waals surface area contributed by atoms with Crippen LogP contribution in [0.5, 0.6) is 0 Å². The molecule has 3 atom stereocenters. The van der Waals surface area contributed by atoms with Crippen molar-refractivity contribution in [3.8, 4) is 0 Å². The predicted octanol–water partition coefficient (Wildman–Crippen LogP) is 1.70. The summed E-state index contributed by atoms with van der Waals surface area (Å²) in [4.78, 5) is 28.4. The number of hydrogen-bond acceptors (Lipinski definition) is 3. The van der Waals surface area contributed by atoms with Crippen LogP contribution in [0.1, 0.15) is 31.2 Å². The van der Waals surface area contributed by atoms with Gasteiger partial charge in [-0.25, -0.2) is 0 Å². The minimum atomic E-state index is -0.310. The summed E-state index contributed by atoms with van der Waals surface area (Å²) in [6, 6.07) is 7.99. The number of piperidine rings is 2. The highest BCUT2D eigenvalue weighted by molar-refractivity contribution is 6.35. The van der Waals surface area contributed by atoms with E-state index < -0.39 is 0 Å². The maximum Gasteiger partial charge on any atom is 0.312 e. The van der Waals surface area contributed by atoms with Gasteiger partial charge in [-0.2, -0.15) is 0 Å². The molecule has 2 heterocycles. The second-order valence-corrected chi connectivity index (χ2v) is 7.63. The van der Waals surface area contributed by atoms with E-state index in [4.69, 9.17) is 5.73 Å². The van der Waals surface area contributed by atoms with Crippen LogP contribution in [0.2, 0.25) is 0 Å². The van der Waals surface area contributed by atoms with Crippen molar-refractivity contribution in [1.82, 2.24) is 9.80 Å². The Labute approximate surface area is 142 Å². The largest absolute Gasteiger partial charge is 0.399 e. The van der Waals surface area contributed by atoms with E-state index >= 15 is 0 Å². The summed E-state index contributed by atoms with van der Waals surface area (Å²) < 4.78 is 0. The van der Waals surface area contributed by atoms with Crippen LogP contribution in [0.25, 0.3) is 0 Å². The molecular weight excluding hydrogens is 302 g/mol. The first kappa shape index (κ1) is 15.5. The topological polar surface area (TPSA) is 66.6 Å². The number of nitrogens with two attached hydrogens (primary N) is 1. The lowest BCUT2D eigenvalue weighted by Crippen LogP contribution is -2.47. The first-order valence-corrected chi connectivity index (χ1v) is 8.98. The van der Waals surface area contributed by atoms with Crippen molar-refractivity contribution in [3.05, 3.63) is 29.8 Å². The summed E-state index contributed by atoms with van der Waals surface area (Å²) in [5.74, 6) is 1.82. The Balaban J connectivity index is 1.32. The van der Waals surface area contributed by atoms with Gasteiger partial charge in [0.15, 0.2) is 0 Å². The third kappa shape index (κ3) is 2.66. The zero-order valence-electron chi connectivity index (χ0n) is 14.1. The molecular formula is C19H25N3O2. The number of carbonyl (C=O) groups is 2.